The molecule has 2 aliphatic carbocycles. The number of rotatable bonds is 2. The third kappa shape index (κ3) is 2.15. The largest absolute Gasteiger partial charge is 0.469 e. The van der Waals surface area contributed by atoms with E-state index in [1.54, 1.807) is 0 Å². The monoisotopic (exact) mass is 262 g/mol. The minimum atomic E-state index is -0.317. The van der Waals surface area contributed by atoms with Gasteiger partial charge in [0.25, 0.3) is 0 Å². The lowest BCUT2D eigenvalue weighted by Gasteiger charge is -2.53. The summed E-state index contributed by atoms with van der Waals surface area (Å²) in [6, 6.07) is 0. The maximum absolute atomic E-state index is 12.3. The zero-order valence-corrected chi connectivity index (χ0v) is 12.7. The first-order valence-electron chi connectivity index (χ1n) is 7.41. The number of carbonyl (C=O) groups is 1. The van der Waals surface area contributed by atoms with E-state index in [-0.39, 0.29) is 16.8 Å². The molecule has 106 valence electrons. The van der Waals surface area contributed by atoms with Crippen molar-refractivity contribution in [2.75, 3.05) is 7.11 Å². The second-order valence-electron chi connectivity index (χ2n) is 6.47. The van der Waals surface area contributed by atoms with Crippen LogP contribution in [-0.4, -0.2) is 13.1 Å². The van der Waals surface area contributed by atoms with Crippen molar-refractivity contribution < 1.29 is 9.53 Å². The van der Waals surface area contributed by atoms with E-state index in [0.29, 0.717) is 5.92 Å². The number of esters is 1. The summed E-state index contributed by atoms with van der Waals surface area (Å²) >= 11 is 0. The number of hydrogen-bond acceptors (Lipinski definition) is 2. The van der Waals surface area contributed by atoms with Crippen LogP contribution in [0.15, 0.2) is 23.8 Å². The van der Waals surface area contributed by atoms with E-state index in [4.69, 9.17) is 4.74 Å². The summed E-state index contributed by atoms with van der Waals surface area (Å²) < 4.78 is 5.11. The molecule has 0 saturated heterocycles. The third-order valence-electron chi connectivity index (χ3n) is 5.41. The van der Waals surface area contributed by atoms with Gasteiger partial charge in [0.05, 0.1) is 12.5 Å². The van der Waals surface area contributed by atoms with E-state index >= 15 is 0 Å². The van der Waals surface area contributed by atoms with Gasteiger partial charge >= 0.3 is 5.97 Å². The van der Waals surface area contributed by atoms with Crippen molar-refractivity contribution in [3.05, 3.63) is 23.8 Å². The van der Waals surface area contributed by atoms with Crippen LogP contribution >= 0.6 is 0 Å². The normalized spacial score (nSPS) is 38.7. The van der Waals surface area contributed by atoms with Crippen molar-refractivity contribution >= 4 is 5.97 Å². The van der Waals surface area contributed by atoms with Gasteiger partial charge in [-0.2, -0.15) is 0 Å². The van der Waals surface area contributed by atoms with Crippen molar-refractivity contribution in [2.45, 2.75) is 52.9 Å². The summed E-state index contributed by atoms with van der Waals surface area (Å²) in [4.78, 5) is 12.3. The van der Waals surface area contributed by atoms with Crippen molar-refractivity contribution in [2.24, 2.45) is 16.7 Å². The lowest BCUT2D eigenvalue weighted by molar-refractivity contribution is -0.162. The zero-order chi connectivity index (χ0) is 14.1. The Morgan fingerprint density at radius 3 is 2.79 bits per heavy atom. The molecule has 0 aromatic heterocycles. The van der Waals surface area contributed by atoms with Gasteiger partial charge in [0.2, 0.25) is 0 Å². The summed E-state index contributed by atoms with van der Waals surface area (Å²) in [5.41, 5.74) is 1.23. The standard InChI is InChI=1S/C17H26O2/c1-5-8-13-9-6-10-14-16(13,2)11-7-12-17(14,3)15(18)19-4/h5,8-9,14H,6-7,10-12H2,1-4H3/b8-5+/t14?,16?,17-/m1/s1. The second-order valence-corrected chi connectivity index (χ2v) is 6.47. The molecule has 0 heterocycles. The first kappa shape index (κ1) is 14.4. The van der Waals surface area contributed by atoms with Crippen LogP contribution in [0.2, 0.25) is 0 Å². The van der Waals surface area contributed by atoms with Gasteiger partial charge in [-0.25, -0.2) is 0 Å². The predicted octanol–water partition coefficient (Wildman–Crippen LogP) is 4.27. The molecule has 0 radical (unpaired) electrons. The molecule has 0 amide bonds. The molecule has 0 aromatic rings. The maximum atomic E-state index is 12.3. The first-order valence-corrected chi connectivity index (χ1v) is 7.41. The molecule has 0 spiro atoms. The van der Waals surface area contributed by atoms with Crippen molar-refractivity contribution in [1.29, 1.82) is 0 Å². The van der Waals surface area contributed by atoms with Crippen LogP contribution in [0.3, 0.4) is 0 Å². The molecule has 2 unspecified atom stereocenters. The number of allylic oxidation sites excluding steroid dienone is 4. The van der Waals surface area contributed by atoms with Gasteiger partial charge in [-0.3, -0.25) is 4.79 Å². The van der Waals surface area contributed by atoms with Gasteiger partial charge in [0, 0.05) is 0 Å². The van der Waals surface area contributed by atoms with E-state index in [0.717, 1.165) is 25.7 Å². The van der Waals surface area contributed by atoms with Gasteiger partial charge in [0.1, 0.15) is 0 Å². The van der Waals surface area contributed by atoms with Gasteiger partial charge in [-0.05, 0) is 56.4 Å². The van der Waals surface area contributed by atoms with Gasteiger partial charge in [-0.15, -0.1) is 0 Å². The molecule has 2 heteroatoms. The average Bonchev–Trinajstić information content (AvgIpc) is 2.39. The molecule has 0 N–H and O–H groups in total. The zero-order valence-electron chi connectivity index (χ0n) is 12.7. The quantitative estimate of drug-likeness (QED) is 0.695. The van der Waals surface area contributed by atoms with E-state index in [1.165, 1.54) is 19.1 Å². The topological polar surface area (TPSA) is 26.3 Å². The van der Waals surface area contributed by atoms with Crippen LogP contribution in [0.25, 0.3) is 0 Å². The van der Waals surface area contributed by atoms with Crippen molar-refractivity contribution in [3.63, 3.8) is 0 Å². The van der Waals surface area contributed by atoms with E-state index in [9.17, 15) is 4.79 Å². The second kappa shape index (κ2) is 5.15. The lowest BCUT2D eigenvalue weighted by Crippen LogP contribution is -2.50. The molecule has 0 aromatic carbocycles. The van der Waals surface area contributed by atoms with E-state index < -0.39 is 0 Å². The van der Waals surface area contributed by atoms with Gasteiger partial charge in [-0.1, -0.05) is 31.6 Å². The maximum Gasteiger partial charge on any atom is 0.311 e. The smallest absolute Gasteiger partial charge is 0.311 e. The van der Waals surface area contributed by atoms with Crippen LogP contribution in [0.1, 0.15) is 52.9 Å². The third-order valence-corrected chi connectivity index (χ3v) is 5.41. The molecule has 2 rings (SSSR count). The predicted molar refractivity (Wildman–Crippen MR) is 77.7 cm³/mol. The molecule has 0 aliphatic heterocycles. The van der Waals surface area contributed by atoms with Crippen LogP contribution in [0, 0.1) is 16.7 Å². The Bertz CT molecular complexity index is 421. The van der Waals surface area contributed by atoms with Crippen LogP contribution < -0.4 is 0 Å². The molecule has 1 fully saturated rings. The van der Waals surface area contributed by atoms with Gasteiger partial charge < -0.3 is 4.74 Å². The Morgan fingerprint density at radius 1 is 1.42 bits per heavy atom. The highest BCUT2D eigenvalue weighted by Crippen LogP contribution is 2.58. The summed E-state index contributed by atoms with van der Waals surface area (Å²) in [6.07, 6.45) is 12.1. The number of fused-ring (bicyclic) bond motifs is 1. The Hall–Kier alpha value is -1.05. The first-order chi connectivity index (χ1) is 8.99. The molecular formula is C17H26O2. The average molecular weight is 262 g/mol. The summed E-state index contributed by atoms with van der Waals surface area (Å²) in [5.74, 6) is 0.377. The van der Waals surface area contributed by atoms with Crippen LogP contribution in [0.5, 0.6) is 0 Å². The number of carbonyl (C=O) groups excluding carboxylic acids is 1. The minimum Gasteiger partial charge on any atom is -0.469 e. The number of hydrogen-bond donors (Lipinski definition) is 0. The SMILES string of the molecule is C/C=C/C1=CCCC2C1(C)CCC[C@@]2(C)C(=O)OC. The number of ether oxygens (including phenoxy) is 1. The van der Waals surface area contributed by atoms with Crippen molar-refractivity contribution in [3.8, 4) is 0 Å². The lowest BCUT2D eigenvalue weighted by atomic mass is 9.50. The molecule has 1 saturated carbocycles. The fourth-order valence-electron chi connectivity index (χ4n) is 4.41. The molecule has 19 heavy (non-hydrogen) atoms. The number of methoxy groups -OCH3 is 1. The summed E-state index contributed by atoms with van der Waals surface area (Å²) in [7, 11) is 1.52. The van der Waals surface area contributed by atoms with Crippen LogP contribution in [0.4, 0.5) is 0 Å². The van der Waals surface area contributed by atoms with Crippen molar-refractivity contribution in [1.82, 2.24) is 0 Å². The van der Waals surface area contributed by atoms with Gasteiger partial charge in [0.15, 0.2) is 0 Å². The Labute approximate surface area is 116 Å². The Morgan fingerprint density at radius 2 is 2.16 bits per heavy atom. The Kier molecular flexibility index (Phi) is 3.89. The van der Waals surface area contributed by atoms with E-state index in [1.807, 2.05) is 0 Å². The fourth-order valence-corrected chi connectivity index (χ4v) is 4.41. The highest BCUT2D eigenvalue weighted by Gasteiger charge is 2.54. The van der Waals surface area contributed by atoms with Crippen LogP contribution in [-0.2, 0) is 9.53 Å². The molecule has 0 bridgehead atoms. The molecule has 2 nitrogen and oxygen atoms in total. The molecule has 2 aliphatic rings. The summed E-state index contributed by atoms with van der Waals surface area (Å²) in [5, 5.41) is 0. The van der Waals surface area contributed by atoms with E-state index in [2.05, 4.69) is 39.0 Å². The fraction of sp³-hybridized carbons (Fsp3) is 0.706. The minimum absolute atomic E-state index is 0.0230. The summed E-state index contributed by atoms with van der Waals surface area (Å²) in [6.45, 7) is 6.51. The molecular weight excluding hydrogens is 236 g/mol. The highest BCUT2D eigenvalue weighted by molar-refractivity contribution is 5.77. The molecule has 3 atom stereocenters. The highest BCUT2D eigenvalue weighted by atomic mass is 16.5. The Balaban J connectivity index is 2.42.